The molecule has 2 aromatic heterocycles. The first-order chi connectivity index (χ1) is 13.7. The number of hydrogen-bond donors (Lipinski definition) is 2. The summed E-state index contributed by atoms with van der Waals surface area (Å²) in [5.41, 5.74) is 12.5. The molecule has 4 aromatic rings. The van der Waals surface area contributed by atoms with E-state index in [0.29, 0.717) is 6.54 Å². The fourth-order valence-electron chi connectivity index (χ4n) is 4.23. The molecule has 0 saturated heterocycles. The summed E-state index contributed by atoms with van der Waals surface area (Å²) in [6.07, 6.45) is 6.43. The lowest BCUT2D eigenvalue weighted by atomic mass is 9.86. The number of pyridine rings is 1. The molecule has 2 aromatic carbocycles. The van der Waals surface area contributed by atoms with Gasteiger partial charge < -0.3 is 15.6 Å². The topological polar surface area (TPSA) is 75.0 Å². The molecule has 1 unspecified atom stereocenters. The standard InChI is InChI=1S/C23H20N4O/c24-23(28)27-11-9-16-12-15(17-4-3-10-25-13-17)7-8-18(16)22(27)20-14-26-21-6-2-1-5-19(20)21/h1-8,10,12-14,22,26H,9,11H2,(H2,24,28). The molecule has 0 fully saturated rings. The molecule has 5 rings (SSSR count). The van der Waals surface area contributed by atoms with Gasteiger partial charge in [0.15, 0.2) is 0 Å². The highest BCUT2D eigenvalue weighted by Crippen LogP contribution is 2.39. The van der Waals surface area contributed by atoms with Crippen molar-refractivity contribution in [2.45, 2.75) is 12.5 Å². The number of aromatic nitrogens is 2. The molecule has 1 aliphatic rings. The minimum atomic E-state index is -0.391. The van der Waals surface area contributed by atoms with Crippen molar-refractivity contribution in [3.8, 4) is 11.1 Å². The summed E-state index contributed by atoms with van der Waals surface area (Å²) in [5.74, 6) is 0. The number of urea groups is 1. The molecule has 28 heavy (non-hydrogen) atoms. The first-order valence-corrected chi connectivity index (χ1v) is 9.37. The zero-order chi connectivity index (χ0) is 19.1. The van der Waals surface area contributed by atoms with Gasteiger partial charge in [0.05, 0.1) is 6.04 Å². The Labute approximate surface area is 162 Å². The van der Waals surface area contributed by atoms with Gasteiger partial charge in [0.1, 0.15) is 0 Å². The Kier molecular flexibility index (Phi) is 3.86. The van der Waals surface area contributed by atoms with Gasteiger partial charge in [-0.25, -0.2) is 4.79 Å². The van der Waals surface area contributed by atoms with Gasteiger partial charge in [-0.2, -0.15) is 0 Å². The number of primary amides is 1. The third-order valence-electron chi connectivity index (χ3n) is 5.57. The summed E-state index contributed by atoms with van der Waals surface area (Å²) in [7, 11) is 0. The Morgan fingerprint density at radius 1 is 1.07 bits per heavy atom. The predicted molar refractivity (Wildman–Crippen MR) is 110 cm³/mol. The van der Waals surface area contributed by atoms with Gasteiger partial charge in [0.2, 0.25) is 0 Å². The van der Waals surface area contributed by atoms with E-state index in [-0.39, 0.29) is 6.04 Å². The fraction of sp³-hybridized carbons (Fsp3) is 0.130. The molecule has 2 amide bonds. The van der Waals surface area contributed by atoms with Crippen LogP contribution in [0.25, 0.3) is 22.0 Å². The Hall–Kier alpha value is -3.60. The molecule has 0 saturated carbocycles. The van der Waals surface area contributed by atoms with Gasteiger partial charge in [0.25, 0.3) is 0 Å². The molecule has 5 heteroatoms. The van der Waals surface area contributed by atoms with Crippen molar-refractivity contribution < 1.29 is 4.79 Å². The summed E-state index contributed by atoms with van der Waals surface area (Å²) < 4.78 is 0. The van der Waals surface area contributed by atoms with E-state index in [1.807, 2.05) is 36.7 Å². The van der Waals surface area contributed by atoms with Crippen LogP contribution < -0.4 is 5.73 Å². The number of fused-ring (bicyclic) bond motifs is 2. The molecule has 5 nitrogen and oxygen atoms in total. The second-order valence-electron chi connectivity index (χ2n) is 7.13. The first-order valence-electron chi connectivity index (χ1n) is 9.37. The lowest BCUT2D eigenvalue weighted by Crippen LogP contribution is -2.43. The maximum atomic E-state index is 12.2. The number of H-pyrrole nitrogens is 1. The number of benzene rings is 2. The Bertz CT molecular complexity index is 1170. The lowest BCUT2D eigenvalue weighted by molar-refractivity contribution is 0.190. The number of para-hydroxylation sites is 1. The quantitative estimate of drug-likeness (QED) is 0.555. The zero-order valence-corrected chi connectivity index (χ0v) is 15.3. The van der Waals surface area contributed by atoms with Crippen molar-refractivity contribution in [2.24, 2.45) is 5.73 Å². The van der Waals surface area contributed by atoms with E-state index in [1.54, 1.807) is 11.1 Å². The summed E-state index contributed by atoms with van der Waals surface area (Å²) in [6.45, 7) is 0.600. The van der Waals surface area contributed by atoms with Gasteiger partial charge in [0, 0.05) is 41.6 Å². The molecule has 0 bridgehead atoms. The highest BCUT2D eigenvalue weighted by atomic mass is 16.2. The Morgan fingerprint density at radius 3 is 2.79 bits per heavy atom. The second-order valence-corrected chi connectivity index (χ2v) is 7.13. The van der Waals surface area contributed by atoms with Crippen LogP contribution in [0.2, 0.25) is 0 Å². The second kappa shape index (κ2) is 6.53. The van der Waals surface area contributed by atoms with Gasteiger partial charge >= 0.3 is 6.03 Å². The van der Waals surface area contributed by atoms with Crippen LogP contribution in [-0.4, -0.2) is 27.4 Å². The van der Waals surface area contributed by atoms with Crippen LogP contribution in [0.5, 0.6) is 0 Å². The summed E-state index contributed by atoms with van der Waals surface area (Å²) >= 11 is 0. The number of nitrogens with one attached hydrogen (secondary N) is 1. The summed E-state index contributed by atoms with van der Waals surface area (Å²) in [6, 6.07) is 18.0. The fourth-order valence-corrected chi connectivity index (χ4v) is 4.23. The van der Waals surface area contributed by atoms with E-state index in [4.69, 9.17) is 5.73 Å². The molecule has 3 heterocycles. The molecular weight excluding hydrogens is 348 g/mol. The normalized spacial score (nSPS) is 16.1. The molecule has 0 radical (unpaired) electrons. The highest BCUT2D eigenvalue weighted by Gasteiger charge is 2.32. The molecule has 138 valence electrons. The number of rotatable bonds is 2. The molecular formula is C23H20N4O. The van der Waals surface area contributed by atoms with Crippen LogP contribution in [0.3, 0.4) is 0 Å². The van der Waals surface area contributed by atoms with E-state index < -0.39 is 6.03 Å². The van der Waals surface area contributed by atoms with Crippen molar-refractivity contribution in [3.05, 3.63) is 89.9 Å². The first kappa shape index (κ1) is 16.6. The van der Waals surface area contributed by atoms with E-state index >= 15 is 0 Å². The Morgan fingerprint density at radius 2 is 1.96 bits per heavy atom. The number of amides is 2. The molecule has 0 aliphatic carbocycles. The number of nitrogens with two attached hydrogens (primary N) is 1. The Balaban J connectivity index is 1.66. The van der Waals surface area contributed by atoms with Crippen LogP contribution in [0.15, 0.2) is 73.2 Å². The molecule has 0 spiro atoms. The highest BCUT2D eigenvalue weighted by molar-refractivity contribution is 5.85. The largest absolute Gasteiger partial charge is 0.361 e. The van der Waals surface area contributed by atoms with Crippen LogP contribution in [0, 0.1) is 0 Å². The zero-order valence-electron chi connectivity index (χ0n) is 15.3. The number of aromatic amines is 1. The number of carbonyl (C=O) groups excluding carboxylic acids is 1. The molecule has 3 N–H and O–H groups in total. The number of nitrogens with zero attached hydrogens (tertiary/aromatic N) is 2. The monoisotopic (exact) mass is 368 g/mol. The van der Waals surface area contributed by atoms with Gasteiger partial charge in [-0.3, -0.25) is 4.98 Å². The SMILES string of the molecule is NC(=O)N1CCc2cc(-c3cccnc3)ccc2C1c1c[nH]c2ccccc12. The van der Waals surface area contributed by atoms with Crippen molar-refractivity contribution in [1.29, 1.82) is 0 Å². The van der Waals surface area contributed by atoms with Crippen molar-refractivity contribution in [3.63, 3.8) is 0 Å². The number of hydrogen-bond acceptors (Lipinski definition) is 2. The minimum absolute atomic E-state index is 0.194. The van der Waals surface area contributed by atoms with Crippen LogP contribution in [0.1, 0.15) is 22.7 Å². The van der Waals surface area contributed by atoms with Gasteiger partial charge in [-0.05, 0) is 40.8 Å². The average Bonchev–Trinajstić information content (AvgIpc) is 3.17. The lowest BCUT2D eigenvalue weighted by Gasteiger charge is -2.36. The average molecular weight is 368 g/mol. The van der Waals surface area contributed by atoms with Gasteiger partial charge in [-0.1, -0.05) is 42.5 Å². The van der Waals surface area contributed by atoms with Crippen LogP contribution in [0.4, 0.5) is 4.79 Å². The van der Waals surface area contributed by atoms with Crippen molar-refractivity contribution in [1.82, 2.24) is 14.9 Å². The minimum Gasteiger partial charge on any atom is -0.361 e. The maximum absolute atomic E-state index is 12.2. The van der Waals surface area contributed by atoms with E-state index in [2.05, 4.69) is 40.3 Å². The van der Waals surface area contributed by atoms with Gasteiger partial charge in [-0.15, -0.1) is 0 Å². The third kappa shape index (κ3) is 2.63. The molecule has 1 atom stereocenters. The molecule has 1 aliphatic heterocycles. The smallest absolute Gasteiger partial charge is 0.315 e. The summed E-state index contributed by atoms with van der Waals surface area (Å²) in [4.78, 5) is 21.5. The van der Waals surface area contributed by atoms with Crippen molar-refractivity contribution >= 4 is 16.9 Å². The maximum Gasteiger partial charge on any atom is 0.315 e. The summed E-state index contributed by atoms with van der Waals surface area (Å²) in [5, 5.41) is 1.11. The predicted octanol–water partition coefficient (Wildman–Crippen LogP) is 4.26. The van der Waals surface area contributed by atoms with E-state index in [9.17, 15) is 4.79 Å². The van der Waals surface area contributed by atoms with E-state index in [0.717, 1.165) is 39.6 Å². The van der Waals surface area contributed by atoms with Crippen molar-refractivity contribution in [2.75, 3.05) is 6.54 Å². The van der Waals surface area contributed by atoms with E-state index in [1.165, 1.54) is 5.56 Å². The van der Waals surface area contributed by atoms with Crippen LogP contribution >= 0.6 is 0 Å². The third-order valence-corrected chi connectivity index (χ3v) is 5.57. The number of carbonyl (C=O) groups is 1. The van der Waals surface area contributed by atoms with Crippen LogP contribution in [-0.2, 0) is 6.42 Å².